The van der Waals surface area contributed by atoms with Crippen molar-refractivity contribution in [3.8, 4) is 5.75 Å². The molecule has 0 unspecified atom stereocenters. The van der Waals surface area contributed by atoms with Gasteiger partial charge in [-0.25, -0.2) is 0 Å². The minimum absolute atomic E-state index is 0.0686. The highest BCUT2D eigenvalue weighted by atomic mass is 16.3. The van der Waals surface area contributed by atoms with E-state index in [1.807, 2.05) is 48.5 Å². The summed E-state index contributed by atoms with van der Waals surface area (Å²) in [5, 5.41) is 10.8. The summed E-state index contributed by atoms with van der Waals surface area (Å²) in [6.45, 7) is 7.35. The Morgan fingerprint density at radius 2 is 1.31 bits per heavy atom. The van der Waals surface area contributed by atoms with Crippen LogP contribution in [0, 0.1) is 0 Å². The third-order valence-corrected chi connectivity index (χ3v) is 4.45. The number of benzene rings is 1. The van der Waals surface area contributed by atoms with Gasteiger partial charge in [-0.2, -0.15) is 0 Å². The molecule has 0 aliphatic carbocycles. The molecule has 1 aromatic carbocycles. The van der Waals surface area contributed by atoms with Crippen molar-refractivity contribution in [1.29, 1.82) is 0 Å². The maximum atomic E-state index is 10.8. The molecule has 5 nitrogen and oxygen atoms in total. The van der Waals surface area contributed by atoms with Gasteiger partial charge in [0.25, 0.3) is 0 Å². The van der Waals surface area contributed by atoms with Crippen molar-refractivity contribution >= 4 is 12.4 Å². The van der Waals surface area contributed by atoms with E-state index < -0.39 is 0 Å². The summed E-state index contributed by atoms with van der Waals surface area (Å²) in [7, 11) is 0. The van der Waals surface area contributed by atoms with Gasteiger partial charge in [-0.15, -0.1) is 0 Å². The van der Waals surface area contributed by atoms with E-state index in [-0.39, 0.29) is 11.2 Å². The topological polar surface area (TPSA) is 70.7 Å². The van der Waals surface area contributed by atoms with E-state index in [0.717, 1.165) is 17.0 Å². The molecule has 0 fully saturated rings. The van der Waals surface area contributed by atoms with Gasteiger partial charge in [-0.1, -0.05) is 32.9 Å². The first-order chi connectivity index (χ1) is 13.9. The number of rotatable bonds is 6. The summed E-state index contributed by atoms with van der Waals surface area (Å²) in [4.78, 5) is 17.5. The van der Waals surface area contributed by atoms with Gasteiger partial charge < -0.3 is 5.11 Å². The first-order valence-electron chi connectivity index (χ1n) is 9.60. The summed E-state index contributed by atoms with van der Waals surface area (Å²) in [6.07, 6.45) is 6.90. The van der Waals surface area contributed by atoms with E-state index in [0.29, 0.717) is 24.2 Å². The van der Waals surface area contributed by atoms with Crippen molar-refractivity contribution in [2.45, 2.75) is 39.3 Å². The zero-order valence-corrected chi connectivity index (χ0v) is 17.1. The highest BCUT2D eigenvalue weighted by Gasteiger charge is 2.17. The van der Waals surface area contributed by atoms with E-state index in [9.17, 15) is 5.11 Å². The Balaban J connectivity index is 1.86. The van der Waals surface area contributed by atoms with Gasteiger partial charge in [0.2, 0.25) is 0 Å². The fourth-order valence-electron chi connectivity index (χ4n) is 2.77. The van der Waals surface area contributed by atoms with Crippen molar-refractivity contribution in [1.82, 2.24) is 9.97 Å². The van der Waals surface area contributed by atoms with Crippen LogP contribution in [0.5, 0.6) is 5.75 Å². The lowest BCUT2D eigenvalue weighted by atomic mass is 9.85. The lowest BCUT2D eigenvalue weighted by Gasteiger charge is -2.21. The zero-order chi connectivity index (χ0) is 20.7. The van der Waals surface area contributed by atoms with Crippen LogP contribution in [-0.2, 0) is 18.5 Å². The van der Waals surface area contributed by atoms with Gasteiger partial charge in [0.1, 0.15) is 5.75 Å². The van der Waals surface area contributed by atoms with Gasteiger partial charge in [0.05, 0.1) is 24.5 Å². The zero-order valence-electron chi connectivity index (χ0n) is 17.1. The Bertz CT molecular complexity index is 918. The molecule has 2 heterocycles. The molecule has 3 aromatic rings. The van der Waals surface area contributed by atoms with E-state index in [4.69, 9.17) is 0 Å². The smallest absolute Gasteiger partial charge is 0.133 e. The van der Waals surface area contributed by atoms with Gasteiger partial charge in [0, 0.05) is 35.9 Å². The van der Waals surface area contributed by atoms with Crippen molar-refractivity contribution in [2.24, 2.45) is 9.98 Å². The van der Waals surface area contributed by atoms with Gasteiger partial charge in [0.15, 0.2) is 0 Å². The van der Waals surface area contributed by atoms with Crippen LogP contribution in [-0.4, -0.2) is 27.5 Å². The number of nitrogens with zero attached hydrogens (tertiary/aromatic N) is 4. The van der Waals surface area contributed by atoms with Gasteiger partial charge in [-0.05, 0) is 47.4 Å². The molecule has 0 bridgehead atoms. The molecule has 2 aromatic heterocycles. The summed E-state index contributed by atoms with van der Waals surface area (Å²) >= 11 is 0. The average Bonchev–Trinajstić information content (AvgIpc) is 2.71. The Kier molecular flexibility index (Phi) is 6.50. The fourth-order valence-corrected chi connectivity index (χ4v) is 2.77. The second-order valence-corrected chi connectivity index (χ2v) is 7.84. The minimum atomic E-state index is -0.0686. The molecule has 0 spiro atoms. The first-order valence-corrected chi connectivity index (χ1v) is 9.60. The summed E-state index contributed by atoms with van der Waals surface area (Å²) in [5.41, 5.74) is 4.15. The predicted molar refractivity (Wildman–Crippen MR) is 118 cm³/mol. The number of hydrogen-bond donors (Lipinski definition) is 1. The first kappa shape index (κ1) is 20.4. The largest absolute Gasteiger partial charge is 0.507 e. The monoisotopic (exact) mass is 386 g/mol. The average molecular weight is 386 g/mol. The summed E-state index contributed by atoms with van der Waals surface area (Å²) < 4.78 is 0. The van der Waals surface area contributed by atoms with E-state index >= 15 is 0 Å². The second kappa shape index (κ2) is 9.24. The van der Waals surface area contributed by atoms with Crippen LogP contribution in [0.4, 0.5) is 0 Å². The van der Waals surface area contributed by atoms with Crippen LogP contribution in [0.2, 0.25) is 0 Å². The number of pyridine rings is 2. The highest BCUT2D eigenvalue weighted by molar-refractivity contribution is 5.92. The standard InChI is InChI=1S/C24H26N4O/c1-24(2,3)20-12-18(14-25-16-21-8-4-6-10-27-21)23(29)19(13-20)15-26-17-22-9-5-7-11-28-22/h4-15,29H,16-17H2,1-3H3. The van der Waals surface area contributed by atoms with E-state index in [1.54, 1.807) is 24.8 Å². The minimum Gasteiger partial charge on any atom is -0.507 e. The Labute approximate surface area is 171 Å². The number of hydrogen-bond acceptors (Lipinski definition) is 5. The molecule has 0 saturated carbocycles. The maximum Gasteiger partial charge on any atom is 0.133 e. The molecule has 148 valence electrons. The molecule has 5 heteroatoms. The van der Waals surface area contributed by atoms with E-state index in [2.05, 4.69) is 40.7 Å². The molecular formula is C24H26N4O. The molecule has 0 aliphatic heterocycles. The molecule has 29 heavy (non-hydrogen) atoms. The van der Waals surface area contributed by atoms with Crippen molar-refractivity contribution in [3.63, 3.8) is 0 Å². The highest BCUT2D eigenvalue weighted by Crippen LogP contribution is 2.29. The number of aliphatic imine (C=N–C) groups is 2. The number of aromatic hydroxyl groups is 1. The van der Waals surface area contributed by atoms with Crippen LogP contribution < -0.4 is 0 Å². The molecule has 0 radical (unpaired) electrons. The van der Waals surface area contributed by atoms with Crippen molar-refractivity contribution in [3.05, 3.63) is 89.0 Å². The third kappa shape index (κ3) is 5.82. The molecule has 3 rings (SSSR count). The van der Waals surface area contributed by atoms with Gasteiger partial charge in [-0.3, -0.25) is 20.0 Å². The molecule has 0 atom stereocenters. The fraction of sp³-hybridized carbons (Fsp3) is 0.250. The van der Waals surface area contributed by atoms with Gasteiger partial charge >= 0.3 is 0 Å². The normalized spacial score (nSPS) is 12.1. The predicted octanol–water partition coefficient (Wildman–Crippen LogP) is 4.72. The van der Waals surface area contributed by atoms with Crippen molar-refractivity contribution in [2.75, 3.05) is 0 Å². The third-order valence-electron chi connectivity index (χ3n) is 4.45. The quantitative estimate of drug-likeness (QED) is 0.623. The maximum absolute atomic E-state index is 10.8. The Hall–Kier alpha value is -3.34. The van der Waals surface area contributed by atoms with Crippen LogP contribution in [0.15, 0.2) is 70.9 Å². The summed E-state index contributed by atoms with van der Waals surface area (Å²) in [6, 6.07) is 15.4. The molecular weight excluding hydrogens is 360 g/mol. The lowest BCUT2D eigenvalue weighted by Crippen LogP contribution is -2.12. The Morgan fingerprint density at radius 3 is 1.69 bits per heavy atom. The number of phenols is 1. The number of aromatic nitrogens is 2. The second-order valence-electron chi connectivity index (χ2n) is 7.84. The molecule has 0 aliphatic rings. The lowest BCUT2D eigenvalue weighted by molar-refractivity contribution is 0.472. The molecule has 1 N–H and O–H groups in total. The van der Waals surface area contributed by atoms with E-state index in [1.165, 1.54) is 0 Å². The Morgan fingerprint density at radius 1 is 0.828 bits per heavy atom. The van der Waals surface area contributed by atoms with Crippen LogP contribution in [0.25, 0.3) is 0 Å². The number of phenolic OH excluding ortho intramolecular Hbond substituents is 1. The summed E-state index contributed by atoms with van der Waals surface area (Å²) in [5.74, 6) is 0.174. The van der Waals surface area contributed by atoms with Crippen molar-refractivity contribution < 1.29 is 5.11 Å². The van der Waals surface area contributed by atoms with Crippen LogP contribution >= 0.6 is 0 Å². The SMILES string of the molecule is CC(C)(C)c1cc(C=NCc2ccccn2)c(O)c(C=NCc2ccccn2)c1. The van der Waals surface area contributed by atoms with Crippen LogP contribution in [0.3, 0.4) is 0 Å². The molecule has 0 amide bonds. The molecule has 0 saturated heterocycles. The van der Waals surface area contributed by atoms with Crippen LogP contribution in [0.1, 0.15) is 48.8 Å².